The molecule has 0 radical (unpaired) electrons. The first-order chi connectivity index (χ1) is 8.56. The summed E-state index contributed by atoms with van der Waals surface area (Å²) in [6, 6.07) is 0.252. The van der Waals surface area contributed by atoms with Crippen LogP contribution in [0.2, 0.25) is 0 Å². The number of amides is 1. The van der Waals surface area contributed by atoms with Crippen molar-refractivity contribution in [2.45, 2.75) is 58.4 Å². The van der Waals surface area contributed by atoms with E-state index in [0.717, 1.165) is 25.9 Å². The van der Waals surface area contributed by atoms with E-state index in [1.807, 2.05) is 0 Å². The average molecular weight is 289 g/mol. The van der Waals surface area contributed by atoms with Crippen LogP contribution in [0.1, 0.15) is 52.4 Å². The summed E-state index contributed by atoms with van der Waals surface area (Å²) in [6.07, 6.45) is 6.67. The summed E-state index contributed by atoms with van der Waals surface area (Å²) in [5.41, 5.74) is 6.14. The Kier molecular flexibility index (Phi) is 6.61. The summed E-state index contributed by atoms with van der Waals surface area (Å²) in [5.74, 6) is 2.07. The Labute approximate surface area is 123 Å². The molecule has 2 N–H and O–H groups in total. The minimum atomic E-state index is 0. The lowest BCUT2D eigenvalue weighted by atomic mass is 9.82. The normalized spacial score (nSPS) is 35.6. The molecular formula is C15H29ClN2O. The largest absolute Gasteiger partial charge is 0.342 e. The van der Waals surface area contributed by atoms with Gasteiger partial charge >= 0.3 is 0 Å². The van der Waals surface area contributed by atoms with Crippen LogP contribution in [-0.4, -0.2) is 29.9 Å². The van der Waals surface area contributed by atoms with E-state index in [2.05, 4.69) is 18.7 Å². The maximum absolute atomic E-state index is 12.4. The molecule has 0 spiro atoms. The van der Waals surface area contributed by atoms with Crippen molar-refractivity contribution in [1.82, 2.24) is 4.90 Å². The number of hydrogen-bond acceptors (Lipinski definition) is 2. The Balaban J connectivity index is 0.00000180. The molecule has 3 nitrogen and oxygen atoms in total. The van der Waals surface area contributed by atoms with Crippen LogP contribution in [0.25, 0.3) is 0 Å². The molecule has 2 aliphatic rings. The van der Waals surface area contributed by atoms with Crippen LogP contribution in [0.4, 0.5) is 0 Å². The van der Waals surface area contributed by atoms with E-state index in [1.165, 1.54) is 19.3 Å². The van der Waals surface area contributed by atoms with E-state index in [0.29, 0.717) is 30.1 Å². The van der Waals surface area contributed by atoms with Crippen molar-refractivity contribution in [2.24, 2.45) is 23.5 Å². The number of nitrogens with zero attached hydrogens (tertiary/aromatic N) is 1. The van der Waals surface area contributed by atoms with Gasteiger partial charge in [-0.05, 0) is 37.0 Å². The number of halogens is 1. The first-order valence-electron chi connectivity index (χ1n) is 7.59. The summed E-state index contributed by atoms with van der Waals surface area (Å²) in [4.78, 5) is 14.5. The van der Waals surface area contributed by atoms with Crippen molar-refractivity contribution in [3.63, 3.8) is 0 Å². The van der Waals surface area contributed by atoms with Gasteiger partial charge in [0.15, 0.2) is 0 Å². The Bertz CT molecular complexity index is 288. The smallest absolute Gasteiger partial charge is 0.222 e. The fraction of sp³-hybridized carbons (Fsp3) is 0.933. The van der Waals surface area contributed by atoms with Crippen LogP contribution in [0.3, 0.4) is 0 Å². The molecule has 112 valence electrons. The van der Waals surface area contributed by atoms with E-state index in [4.69, 9.17) is 5.73 Å². The molecule has 0 aromatic carbocycles. The molecule has 4 unspecified atom stereocenters. The predicted octanol–water partition coefficient (Wildman–Crippen LogP) is 2.82. The van der Waals surface area contributed by atoms with Gasteiger partial charge in [0.05, 0.1) is 0 Å². The lowest BCUT2D eigenvalue weighted by Gasteiger charge is -2.37. The number of likely N-dealkylation sites (tertiary alicyclic amines) is 1. The highest BCUT2D eigenvalue weighted by Gasteiger charge is 2.29. The predicted molar refractivity (Wildman–Crippen MR) is 81.3 cm³/mol. The molecular weight excluding hydrogens is 260 g/mol. The minimum absolute atomic E-state index is 0. The number of rotatable bonds is 2. The lowest BCUT2D eigenvalue weighted by Crippen LogP contribution is -2.45. The highest BCUT2D eigenvalue weighted by molar-refractivity contribution is 5.85. The molecule has 0 aromatic rings. The summed E-state index contributed by atoms with van der Waals surface area (Å²) < 4.78 is 0. The Hall–Kier alpha value is -0.280. The van der Waals surface area contributed by atoms with E-state index >= 15 is 0 Å². The number of piperidine rings is 1. The molecule has 2 rings (SSSR count). The van der Waals surface area contributed by atoms with Gasteiger partial charge in [0.25, 0.3) is 0 Å². The Morgan fingerprint density at radius 2 is 1.74 bits per heavy atom. The number of nitrogens with two attached hydrogens (primary N) is 1. The van der Waals surface area contributed by atoms with Gasteiger partial charge in [-0.3, -0.25) is 4.79 Å². The number of carbonyl (C=O) groups excluding carboxylic acids is 1. The SMILES string of the molecule is CC1CC(C)CN(C(=O)CC2CCCCC2N)C1.Cl. The highest BCUT2D eigenvalue weighted by Crippen LogP contribution is 2.28. The van der Waals surface area contributed by atoms with E-state index in [1.54, 1.807) is 0 Å². The standard InChI is InChI=1S/C15H28N2O.ClH/c1-11-7-12(2)10-17(9-11)15(18)8-13-5-3-4-6-14(13)16;/h11-14H,3-10,16H2,1-2H3;1H. The van der Waals surface area contributed by atoms with Crippen LogP contribution in [-0.2, 0) is 4.79 Å². The second-order valence-corrected chi connectivity index (χ2v) is 6.66. The fourth-order valence-corrected chi connectivity index (χ4v) is 3.71. The van der Waals surface area contributed by atoms with Crippen molar-refractivity contribution >= 4 is 18.3 Å². The summed E-state index contributed by atoms with van der Waals surface area (Å²) in [7, 11) is 0. The van der Waals surface area contributed by atoms with E-state index < -0.39 is 0 Å². The molecule has 0 aromatic heterocycles. The molecule has 1 heterocycles. The molecule has 4 heteroatoms. The number of carbonyl (C=O) groups is 1. The summed E-state index contributed by atoms with van der Waals surface area (Å²) in [6.45, 7) is 6.40. The first-order valence-corrected chi connectivity index (χ1v) is 7.59. The average Bonchev–Trinajstić information content (AvgIpc) is 2.31. The van der Waals surface area contributed by atoms with Gasteiger partial charge < -0.3 is 10.6 Å². The van der Waals surface area contributed by atoms with Gasteiger partial charge in [0.2, 0.25) is 5.91 Å². The van der Waals surface area contributed by atoms with Crippen LogP contribution in [0.15, 0.2) is 0 Å². The quantitative estimate of drug-likeness (QED) is 0.849. The van der Waals surface area contributed by atoms with Crippen LogP contribution < -0.4 is 5.73 Å². The molecule has 1 aliphatic heterocycles. The van der Waals surface area contributed by atoms with Gasteiger partial charge in [0, 0.05) is 25.6 Å². The van der Waals surface area contributed by atoms with Crippen molar-refractivity contribution < 1.29 is 4.79 Å². The van der Waals surface area contributed by atoms with Gasteiger partial charge in [-0.25, -0.2) is 0 Å². The molecule has 1 saturated carbocycles. The molecule has 0 bridgehead atoms. The molecule has 19 heavy (non-hydrogen) atoms. The maximum Gasteiger partial charge on any atom is 0.222 e. The van der Waals surface area contributed by atoms with Crippen LogP contribution in [0, 0.1) is 17.8 Å². The van der Waals surface area contributed by atoms with Crippen molar-refractivity contribution in [3.8, 4) is 0 Å². The second kappa shape index (κ2) is 7.49. The third-order valence-corrected chi connectivity index (χ3v) is 4.63. The molecule has 4 atom stereocenters. The topological polar surface area (TPSA) is 46.3 Å². The zero-order valence-electron chi connectivity index (χ0n) is 12.3. The van der Waals surface area contributed by atoms with Crippen molar-refractivity contribution in [2.75, 3.05) is 13.1 Å². The zero-order valence-corrected chi connectivity index (χ0v) is 13.1. The Morgan fingerprint density at radius 3 is 2.32 bits per heavy atom. The van der Waals surface area contributed by atoms with Crippen LogP contribution in [0.5, 0.6) is 0 Å². The molecule has 1 amide bonds. The van der Waals surface area contributed by atoms with Crippen molar-refractivity contribution in [3.05, 3.63) is 0 Å². The second-order valence-electron chi connectivity index (χ2n) is 6.66. The lowest BCUT2D eigenvalue weighted by molar-refractivity contribution is -0.135. The van der Waals surface area contributed by atoms with E-state index in [-0.39, 0.29) is 18.4 Å². The van der Waals surface area contributed by atoms with E-state index in [9.17, 15) is 4.79 Å². The van der Waals surface area contributed by atoms with Gasteiger partial charge in [0.1, 0.15) is 0 Å². The summed E-state index contributed by atoms with van der Waals surface area (Å²) in [5, 5.41) is 0. The van der Waals surface area contributed by atoms with Gasteiger partial charge in [-0.2, -0.15) is 0 Å². The van der Waals surface area contributed by atoms with Crippen molar-refractivity contribution in [1.29, 1.82) is 0 Å². The number of hydrogen-bond donors (Lipinski definition) is 1. The highest BCUT2D eigenvalue weighted by atomic mass is 35.5. The third-order valence-electron chi connectivity index (χ3n) is 4.63. The fourth-order valence-electron chi connectivity index (χ4n) is 3.71. The first kappa shape index (κ1) is 16.8. The molecule has 2 fully saturated rings. The molecule has 1 aliphatic carbocycles. The third kappa shape index (κ3) is 4.64. The van der Waals surface area contributed by atoms with Gasteiger partial charge in [-0.15, -0.1) is 12.4 Å². The van der Waals surface area contributed by atoms with Gasteiger partial charge in [-0.1, -0.05) is 26.7 Å². The Morgan fingerprint density at radius 1 is 1.16 bits per heavy atom. The molecule has 1 saturated heterocycles. The minimum Gasteiger partial charge on any atom is -0.342 e. The zero-order chi connectivity index (χ0) is 13.1. The maximum atomic E-state index is 12.4. The van der Waals surface area contributed by atoms with Crippen LogP contribution >= 0.6 is 12.4 Å². The monoisotopic (exact) mass is 288 g/mol. The summed E-state index contributed by atoms with van der Waals surface area (Å²) >= 11 is 0.